The van der Waals surface area contributed by atoms with Gasteiger partial charge in [0.15, 0.2) is 0 Å². The maximum Gasteiger partial charge on any atom is 0.125 e. The molecule has 0 bridgehead atoms. The Morgan fingerprint density at radius 1 is 1.21 bits per heavy atom. The van der Waals surface area contributed by atoms with Gasteiger partial charge in [-0.3, -0.25) is 0 Å². The SMILES string of the molecule is Cc1ccc(OC2CCC(C)C(C)C2)c([C@@H](C)O)c1. The summed E-state index contributed by atoms with van der Waals surface area (Å²) in [6.45, 7) is 8.48. The molecule has 1 saturated carbocycles. The van der Waals surface area contributed by atoms with E-state index in [1.807, 2.05) is 19.1 Å². The third-order valence-electron chi connectivity index (χ3n) is 4.46. The van der Waals surface area contributed by atoms with Crippen LogP contribution in [-0.2, 0) is 0 Å². The molecule has 1 aliphatic rings. The van der Waals surface area contributed by atoms with Gasteiger partial charge < -0.3 is 9.84 Å². The summed E-state index contributed by atoms with van der Waals surface area (Å²) in [7, 11) is 0. The van der Waals surface area contributed by atoms with Crippen molar-refractivity contribution in [1.29, 1.82) is 0 Å². The minimum absolute atomic E-state index is 0.298. The van der Waals surface area contributed by atoms with Crippen LogP contribution in [0.15, 0.2) is 18.2 Å². The highest BCUT2D eigenvalue weighted by atomic mass is 16.5. The van der Waals surface area contributed by atoms with Gasteiger partial charge in [0.2, 0.25) is 0 Å². The second-order valence-electron chi connectivity index (χ2n) is 6.22. The Morgan fingerprint density at radius 3 is 2.58 bits per heavy atom. The van der Waals surface area contributed by atoms with Gasteiger partial charge in [0, 0.05) is 5.56 Å². The van der Waals surface area contributed by atoms with Crippen LogP contribution in [0.2, 0.25) is 0 Å². The molecule has 0 aliphatic heterocycles. The standard InChI is InChI=1S/C17H26O2/c1-11-5-8-17(16(9-11)14(4)18)19-15-7-6-12(2)13(3)10-15/h5,8-9,12-15,18H,6-7,10H2,1-4H3/t12?,13?,14-,15?/m1/s1. The fourth-order valence-electron chi connectivity index (χ4n) is 2.89. The summed E-state index contributed by atoms with van der Waals surface area (Å²) >= 11 is 0. The average molecular weight is 262 g/mol. The summed E-state index contributed by atoms with van der Waals surface area (Å²) < 4.78 is 6.16. The highest BCUT2D eigenvalue weighted by Gasteiger charge is 2.26. The van der Waals surface area contributed by atoms with E-state index < -0.39 is 6.10 Å². The maximum absolute atomic E-state index is 9.87. The molecule has 0 radical (unpaired) electrons. The second-order valence-corrected chi connectivity index (χ2v) is 6.22. The van der Waals surface area contributed by atoms with Gasteiger partial charge in [-0.05, 0) is 57.1 Å². The van der Waals surface area contributed by atoms with Gasteiger partial charge in [-0.2, -0.15) is 0 Å². The van der Waals surface area contributed by atoms with Crippen molar-refractivity contribution in [2.24, 2.45) is 11.8 Å². The van der Waals surface area contributed by atoms with E-state index in [1.165, 1.54) is 6.42 Å². The molecule has 1 fully saturated rings. The summed E-state index contributed by atoms with van der Waals surface area (Å²) in [5, 5.41) is 9.87. The zero-order valence-electron chi connectivity index (χ0n) is 12.5. The van der Waals surface area contributed by atoms with Crippen molar-refractivity contribution < 1.29 is 9.84 Å². The maximum atomic E-state index is 9.87. The van der Waals surface area contributed by atoms with E-state index in [9.17, 15) is 5.11 Å². The van der Waals surface area contributed by atoms with Gasteiger partial charge in [-0.15, -0.1) is 0 Å². The number of ether oxygens (including phenoxy) is 1. The first kappa shape index (κ1) is 14.4. The highest BCUT2D eigenvalue weighted by molar-refractivity contribution is 5.38. The number of aryl methyl sites for hydroxylation is 1. The Kier molecular flexibility index (Phi) is 4.51. The van der Waals surface area contributed by atoms with Gasteiger partial charge in [0.25, 0.3) is 0 Å². The molecule has 3 unspecified atom stereocenters. The van der Waals surface area contributed by atoms with E-state index in [0.29, 0.717) is 6.10 Å². The van der Waals surface area contributed by atoms with Crippen molar-refractivity contribution in [2.45, 2.75) is 59.2 Å². The average Bonchev–Trinajstić information content (AvgIpc) is 2.36. The van der Waals surface area contributed by atoms with Crippen molar-refractivity contribution in [2.75, 3.05) is 0 Å². The van der Waals surface area contributed by atoms with Crippen molar-refractivity contribution >= 4 is 0 Å². The minimum Gasteiger partial charge on any atom is -0.490 e. The first-order valence-corrected chi connectivity index (χ1v) is 7.42. The van der Waals surface area contributed by atoms with Crippen LogP contribution < -0.4 is 4.74 Å². The van der Waals surface area contributed by atoms with Gasteiger partial charge >= 0.3 is 0 Å². The van der Waals surface area contributed by atoms with Crippen molar-refractivity contribution in [3.05, 3.63) is 29.3 Å². The van der Waals surface area contributed by atoms with Crippen LogP contribution in [0.1, 0.15) is 57.3 Å². The second kappa shape index (κ2) is 5.96. The molecule has 1 aromatic rings. The molecule has 0 amide bonds. The molecule has 0 spiro atoms. The molecular weight excluding hydrogens is 236 g/mol. The van der Waals surface area contributed by atoms with E-state index >= 15 is 0 Å². The highest BCUT2D eigenvalue weighted by Crippen LogP contribution is 2.34. The van der Waals surface area contributed by atoms with Gasteiger partial charge in [0.1, 0.15) is 5.75 Å². The Morgan fingerprint density at radius 2 is 1.95 bits per heavy atom. The molecule has 1 aromatic carbocycles. The lowest BCUT2D eigenvalue weighted by Gasteiger charge is -2.33. The smallest absolute Gasteiger partial charge is 0.125 e. The van der Waals surface area contributed by atoms with E-state index in [1.54, 1.807) is 6.92 Å². The summed E-state index contributed by atoms with van der Waals surface area (Å²) in [6.07, 6.45) is 3.30. The van der Waals surface area contributed by atoms with E-state index in [-0.39, 0.29) is 0 Å². The monoisotopic (exact) mass is 262 g/mol. The predicted octanol–water partition coefficient (Wildman–Crippen LogP) is 4.25. The molecule has 0 saturated heterocycles. The van der Waals surface area contributed by atoms with E-state index in [0.717, 1.165) is 41.6 Å². The van der Waals surface area contributed by atoms with Gasteiger partial charge in [0.05, 0.1) is 12.2 Å². The molecule has 1 aliphatic carbocycles. The Labute approximate surface area is 116 Å². The van der Waals surface area contributed by atoms with Crippen LogP contribution in [0.25, 0.3) is 0 Å². The van der Waals surface area contributed by atoms with Gasteiger partial charge in [-0.25, -0.2) is 0 Å². The third-order valence-corrected chi connectivity index (χ3v) is 4.46. The molecule has 0 aromatic heterocycles. The molecule has 2 nitrogen and oxygen atoms in total. The fraction of sp³-hybridized carbons (Fsp3) is 0.647. The Bertz CT molecular complexity index is 425. The lowest BCUT2D eigenvalue weighted by molar-refractivity contribution is 0.0957. The summed E-state index contributed by atoms with van der Waals surface area (Å²) in [6, 6.07) is 6.07. The van der Waals surface area contributed by atoms with E-state index in [2.05, 4.69) is 19.9 Å². The predicted molar refractivity (Wildman–Crippen MR) is 78.4 cm³/mol. The largest absolute Gasteiger partial charge is 0.490 e. The summed E-state index contributed by atoms with van der Waals surface area (Å²) in [5.74, 6) is 2.38. The number of aliphatic hydroxyl groups excluding tert-OH is 1. The number of hydrogen-bond acceptors (Lipinski definition) is 2. The topological polar surface area (TPSA) is 29.5 Å². The van der Waals surface area contributed by atoms with Crippen LogP contribution in [0.4, 0.5) is 0 Å². The van der Waals surface area contributed by atoms with Crippen molar-refractivity contribution in [3.8, 4) is 5.75 Å². The Balaban J connectivity index is 2.11. The minimum atomic E-state index is -0.477. The molecule has 1 N–H and O–H groups in total. The van der Waals surface area contributed by atoms with Crippen LogP contribution in [-0.4, -0.2) is 11.2 Å². The summed E-state index contributed by atoms with van der Waals surface area (Å²) in [5.41, 5.74) is 2.07. The molecule has 2 heteroatoms. The molecule has 0 heterocycles. The number of aliphatic hydroxyl groups is 1. The lowest BCUT2D eigenvalue weighted by atomic mass is 9.80. The third kappa shape index (κ3) is 3.50. The quantitative estimate of drug-likeness (QED) is 0.882. The van der Waals surface area contributed by atoms with Crippen molar-refractivity contribution in [3.63, 3.8) is 0 Å². The molecule has 19 heavy (non-hydrogen) atoms. The summed E-state index contributed by atoms with van der Waals surface area (Å²) in [4.78, 5) is 0. The van der Waals surface area contributed by atoms with Crippen LogP contribution in [0.5, 0.6) is 5.75 Å². The van der Waals surface area contributed by atoms with Gasteiger partial charge in [-0.1, -0.05) is 25.5 Å². The van der Waals surface area contributed by atoms with E-state index in [4.69, 9.17) is 4.74 Å². The van der Waals surface area contributed by atoms with Crippen LogP contribution in [0, 0.1) is 18.8 Å². The normalized spacial score (nSPS) is 29.0. The van der Waals surface area contributed by atoms with Crippen molar-refractivity contribution in [1.82, 2.24) is 0 Å². The van der Waals surface area contributed by atoms with Crippen LogP contribution >= 0.6 is 0 Å². The van der Waals surface area contributed by atoms with Crippen LogP contribution in [0.3, 0.4) is 0 Å². The number of benzene rings is 1. The molecule has 2 rings (SSSR count). The molecular formula is C17H26O2. The molecule has 106 valence electrons. The number of rotatable bonds is 3. The first-order chi connectivity index (χ1) is 8.97. The lowest BCUT2D eigenvalue weighted by Crippen LogP contribution is -2.29. The Hall–Kier alpha value is -1.02. The first-order valence-electron chi connectivity index (χ1n) is 7.42. The fourth-order valence-corrected chi connectivity index (χ4v) is 2.89. The molecule has 4 atom stereocenters. The number of hydrogen-bond donors (Lipinski definition) is 1. The zero-order chi connectivity index (χ0) is 14.0. The zero-order valence-corrected chi connectivity index (χ0v) is 12.5.